The van der Waals surface area contributed by atoms with Crippen molar-refractivity contribution in [1.29, 1.82) is 0 Å². The van der Waals surface area contributed by atoms with Crippen LogP contribution in [0.5, 0.6) is 0 Å². The maximum atomic E-state index is 12.3. The molecule has 0 aliphatic carbocycles. The minimum atomic E-state index is -4.45. The minimum absolute atomic E-state index is 0.868. The molecule has 1 N–H and O–H groups in total. The van der Waals surface area contributed by atoms with E-state index in [2.05, 4.69) is 0 Å². The van der Waals surface area contributed by atoms with E-state index < -0.39 is 29.9 Å². The average molecular weight is 198 g/mol. The number of hydrogen-bond acceptors (Lipinski definition) is 1. The summed E-state index contributed by atoms with van der Waals surface area (Å²) in [5.74, 6) is -3.21. The fraction of sp³-hybridized carbons (Fsp3) is 0.875. The van der Waals surface area contributed by atoms with Crippen molar-refractivity contribution in [3.8, 4) is 0 Å². The van der Waals surface area contributed by atoms with E-state index in [9.17, 15) is 18.0 Å². The molecule has 0 heterocycles. The molecule has 0 aliphatic rings. The molecule has 0 aromatic heterocycles. The third kappa shape index (κ3) is 4.15. The topological polar surface area (TPSA) is 37.3 Å². The van der Waals surface area contributed by atoms with E-state index in [-0.39, 0.29) is 0 Å². The van der Waals surface area contributed by atoms with E-state index in [0.29, 0.717) is 0 Å². The van der Waals surface area contributed by atoms with Crippen molar-refractivity contribution in [2.24, 2.45) is 11.3 Å². The Labute approximate surface area is 74.7 Å². The number of halogens is 3. The Morgan fingerprint density at radius 2 is 1.69 bits per heavy atom. The number of rotatable bonds is 2. The number of aliphatic carboxylic acids is 1. The lowest BCUT2D eigenvalue weighted by atomic mass is 9.78. The van der Waals surface area contributed by atoms with Gasteiger partial charge in [0.05, 0.1) is 12.3 Å². The van der Waals surface area contributed by atoms with Crippen molar-refractivity contribution in [2.45, 2.75) is 33.4 Å². The lowest BCUT2D eigenvalue weighted by Crippen LogP contribution is -2.36. The molecule has 1 unspecified atom stereocenters. The van der Waals surface area contributed by atoms with Gasteiger partial charge >= 0.3 is 12.1 Å². The molecule has 0 bridgehead atoms. The predicted molar refractivity (Wildman–Crippen MR) is 41.3 cm³/mol. The zero-order valence-corrected chi connectivity index (χ0v) is 7.77. The summed E-state index contributed by atoms with van der Waals surface area (Å²) in [5.41, 5.74) is -1.07. The van der Waals surface area contributed by atoms with E-state index in [1.54, 1.807) is 0 Å². The fourth-order valence-corrected chi connectivity index (χ4v) is 1.09. The summed E-state index contributed by atoms with van der Waals surface area (Å²) in [6.07, 6.45) is -5.32. The molecule has 0 spiro atoms. The first-order chi connectivity index (χ1) is 5.55. The van der Waals surface area contributed by atoms with Gasteiger partial charge in [-0.15, -0.1) is 0 Å². The Hall–Kier alpha value is -0.740. The Morgan fingerprint density at radius 3 is 1.77 bits per heavy atom. The van der Waals surface area contributed by atoms with Crippen LogP contribution in [0, 0.1) is 11.3 Å². The maximum Gasteiger partial charge on any atom is 0.392 e. The molecule has 0 rings (SSSR count). The summed E-state index contributed by atoms with van der Waals surface area (Å²) < 4.78 is 36.9. The van der Waals surface area contributed by atoms with E-state index >= 15 is 0 Å². The Morgan fingerprint density at radius 1 is 1.31 bits per heavy atom. The minimum Gasteiger partial charge on any atom is -0.481 e. The van der Waals surface area contributed by atoms with Gasteiger partial charge in [0.25, 0.3) is 0 Å². The van der Waals surface area contributed by atoms with Gasteiger partial charge in [-0.3, -0.25) is 4.79 Å². The second kappa shape index (κ2) is 3.55. The van der Waals surface area contributed by atoms with Crippen LogP contribution in [-0.2, 0) is 4.79 Å². The van der Waals surface area contributed by atoms with Crippen molar-refractivity contribution in [3.05, 3.63) is 0 Å². The molecule has 0 amide bonds. The van der Waals surface area contributed by atoms with E-state index in [1.807, 2.05) is 0 Å². The van der Waals surface area contributed by atoms with E-state index in [1.165, 1.54) is 20.8 Å². The highest BCUT2D eigenvalue weighted by molar-refractivity contribution is 5.67. The van der Waals surface area contributed by atoms with Crippen molar-refractivity contribution < 1.29 is 23.1 Å². The van der Waals surface area contributed by atoms with Crippen molar-refractivity contribution >= 4 is 5.97 Å². The third-order valence-corrected chi connectivity index (χ3v) is 1.82. The molecule has 0 aromatic rings. The molecular formula is C8H13F3O2. The number of hydrogen-bond donors (Lipinski definition) is 1. The molecule has 78 valence electrons. The predicted octanol–water partition coefficient (Wildman–Crippen LogP) is 2.69. The van der Waals surface area contributed by atoms with Crippen molar-refractivity contribution in [1.82, 2.24) is 0 Å². The van der Waals surface area contributed by atoms with Crippen LogP contribution in [-0.4, -0.2) is 17.3 Å². The number of alkyl halides is 3. The zero-order chi connectivity index (χ0) is 10.9. The van der Waals surface area contributed by atoms with Gasteiger partial charge in [-0.2, -0.15) is 13.2 Å². The molecule has 1 atom stereocenters. The average Bonchev–Trinajstić information content (AvgIpc) is 1.77. The van der Waals surface area contributed by atoms with Crippen LogP contribution in [0.15, 0.2) is 0 Å². The van der Waals surface area contributed by atoms with Crippen molar-refractivity contribution in [3.63, 3.8) is 0 Å². The summed E-state index contributed by atoms with van der Waals surface area (Å²) in [6.45, 7) is 4.15. The van der Waals surface area contributed by atoms with Gasteiger partial charge in [0.1, 0.15) is 0 Å². The number of carboxylic acids is 1. The molecule has 0 saturated heterocycles. The molecule has 0 aromatic carbocycles. The quantitative estimate of drug-likeness (QED) is 0.740. The standard InChI is InChI=1S/C8H13F3O2/c1-7(2,3)5(4-6(12)13)8(9,10)11/h5H,4H2,1-3H3,(H,12,13). The summed E-state index contributed by atoms with van der Waals surface area (Å²) in [7, 11) is 0. The van der Waals surface area contributed by atoms with Gasteiger partial charge in [0.2, 0.25) is 0 Å². The molecule has 13 heavy (non-hydrogen) atoms. The smallest absolute Gasteiger partial charge is 0.392 e. The Kier molecular flexibility index (Phi) is 3.35. The zero-order valence-electron chi connectivity index (χ0n) is 7.77. The van der Waals surface area contributed by atoms with Crippen LogP contribution in [0.2, 0.25) is 0 Å². The summed E-state index contributed by atoms with van der Waals surface area (Å²) in [6, 6.07) is 0. The van der Waals surface area contributed by atoms with Gasteiger partial charge in [0, 0.05) is 0 Å². The van der Waals surface area contributed by atoms with Gasteiger partial charge in [-0.25, -0.2) is 0 Å². The molecule has 5 heteroatoms. The highest BCUT2D eigenvalue weighted by Gasteiger charge is 2.47. The van der Waals surface area contributed by atoms with Crippen LogP contribution in [0.3, 0.4) is 0 Å². The normalized spacial score (nSPS) is 15.5. The van der Waals surface area contributed by atoms with Gasteiger partial charge in [-0.1, -0.05) is 20.8 Å². The lowest BCUT2D eigenvalue weighted by Gasteiger charge is -2.31. The summed E-state index contributed by atoms with van der Waals surface area (Å²) in [5, 5.41) is 8.31. The highest BCUT2D eigenvalue weighted by Crippen LogP contribution is 2.41. The van der Waals surface area contributed by atoms with Gasteiger partial charge in [0.15, 0.2) is 0 Å². The molecule has 2 nitrogen and oxygen atoms in total. The van der Waals surface area contributed by atoms with Crippen LogP contribution < -0.4 is 0 Å². The Bertz CT molecular complexity index is 177. The largest absolute Gasteiger partial charge is 0.481 e. The third-order valence-electron chi connectivity index (χ3n) is 1.82. The second-order valence-corrected chi connectivity index (χ2v) is 4.06. The first-order valence-electron chi connectivity index (χ1n) is 3.83. The van der Waals surface area contributed by atoms with Crippen LogP contribution in [0.4, 0.5) is 13.2 Å². The summed E-state index contributed by atoms with van der Waals surface area (Å²) >= 11 is 0. The van der Waals surface area contributed by atoms with Crippen LogP contribution in [0.25, 0.3) is 0 Å². The van der Waals surface area contributed by atoms with Gasteiger partial charge in [-0.05, 0) is 5.41 Å². The SMILES string of the molecule is CC(C)(C)C(CC(=O)O)C(F)(F)F. The lowest BCUT2D eigenvalue weighted by molar-refractivity contribution is -0.205. The number of carboxylic acid groups (broad SMARTS) is 1. The van der Waals surface area contributed by atoms with Crippen molar-refractivity contribution in [2.75, 3.05) is 0 Å². The first-order valence-corrected chi connectivity index (χ1v) is 3.83. The first kappa shape index (κ1) is 12.3. The van der Waals surface area contributed by atoms with E-state index in [4.69, 9.17) is 5.11 Å². The number of carbonyl (C=O) groups is 1. The second-order valence-electron chi connectivity index (χ2n) is 4.06. The molecule has 0 radical (unpaired) electrons. The molecule has 0 aliphatic heterocycles. The molecule has 0 saturated carbocycles. The van der Waals surface area contributed by atoms with Crippen LogP contribution in [0.1, 0.15) is 27.2 Å². The molecule has 0 fully saturated rings. The maximum absolute atomic E-state index is 12.3. The van der Waals surface area contributed by atoms with Crippen LogP contribution >= 0.6 is 0 Å². The van der Waals surface area contributed by atoms with Gasteiger partial charge < -0.3 is 5.11 Å². The highest BCUT2D eigenvalue weighted by atomic mass is 19.4. The summed E-state index contributed by atoms with van der Waals surface area (Å²) in [4.78, 5) is 10.2. The Balaban J connectivity index is 4.68. The fourth-order valence-electron chi connectivity index (χ4n) is 1.09. The monoisotopic (exact) mass is 198 g/mol. The van der Waals surface area contributed by atoms with E-state index in [0.717, 1.165) is 0 Å². The molecular weight excluding hydrogens is 185 g/mol.